The van der Waals surface area contributed by atoms with Crippen LogP contribution in [0.15, 0.2) is 59.9 Å². The molecule has 7 nitrogen and oxygen atoms in total. The lowest BCUT2D eigenvalue weighted by molar-refractivity contribution is -0.115. The Labute approximate surface area is 167 Å². The number of primary amides is 1. The molecular formula is C20H16FN5O2S. The summed E-state index contributed by atoms with van der Waals surface area (Å²) in [6, 6.07) is 13.9. The Kier molecular flexibility index (Phi) is 4.89. The monoisotopic (exact) mass is 409 g/mol. The zero-order chi connectivity index (χ0) is 20.5. The predicted octanol–water partition coefficient (Wildman–Crippen LogP) is 2.52. The van der Waals surface area contributed by atoms with Crippen molar-refractivity contribution in [2.45, 2.75) is 12.1 Å². The van der Waals surface area contributed by atoms with E-state index in [1.54, 1.807) is 25.3 Å². The first-order valence-corrected chi connectivity index (χ1v) is 10.00. The van der Waals surface area contributed by atoms with E-state index in [2.05, 4.69) is 15.0 Å². The van der Waals surface area contributed by atoms with Crippen molar-refractivity contribution in [3.63, 3.8) is 0 Å². The van der Waals surface area contributed by atoms with E-state index in [4.69, 9.17) is 5.73 Å². The predicted molar refractivity (Wildman–Crippen MR) is 107 cm³/mol. The Balaban J connectivity index is 1.94. The van der Waals surface area contributed by atoms with E-state index in [9.17, 15) is 13.4 Å². The quantitative estimate of drug-likeness (QED) is 0.545. The normalized spacial score (nSPS) is 12.2. The van der Waals surface area contributed by atoms with Gasteiger partial charge in [-0.1, -0.05) is 36.4 Å². The number of fused-ring (bicyclic) bond motifs is 1. The molecule has 1 amide bonds. The van der Waals surface area contributed by atoms with Crippen LogP contribution < -0.4 is 5.73 Å². The Morgan fingerprint density at radius 1 is 1.17 bits per heavy atom. The summed E-state index contributed by atoms with van der Waals surface area (Å²) in [7, 11) is -1.83. The van der Waals surface area contributed by atoms with Crippen molar-refractivity contribution in [3.05, 3.63) is 66.1 Å². The van der Waals surface area contributed by atoms with E-state index in [0.29, 0.717) is 22.6 Å². The molecule has 146 valence electrons. The number of halogens is 1. The molecule has 0 fully saturated rings. The van der Waals surface area contributed by atoms with E-state index in [1.807, 2.05) is 30.3 Å². The van der Waals surface area contributed by atoms with Crippen LogP contribution in [0.3, 0.4) is 0 Å². The molecule has 0 spiro atoms. The minimum absolute atomic E-state index is 0.0570. The maximum atomic E-state index is 14.2. The molecule has 4 rings (SSSR count). The fourth-order valence-electron chi connectivity index (χ4n) is 2.89. The Morgan fingerprint density at radius 2 is 1.93 bits per heavy atom. The SMILES string of the molecule is Cc1ccc(-n2c(S(=O)CC(N)=O)nc3nc(-c4ccccc4)ncc32)cc1F. The van der Waals surface area contributed by atoms with Gasteiger partial charge in [0.05, 0.1) is 22.7 Å². The van der Waals surface area contributed by atoms with Crippen LogP contribution in [-0.2, 0) is 15.6 Å². The average Bonchev–Trinajstić information content (AvgIpc) is 3.09. The second kappa shape index (κ2) is 7.51. The number of rotatable bonds is 5. The molecule has 0 aliphatic carbocycles. The van der Waals surface area contributed by atoms with Gasteiger partial charge in [0.15, 0.2) is 11.5 Å². The zero-order valence-electron chi connectivity index (χ0n) is 15.4. The van der Waals surface area contributed by atoms with E-state index < -0.39 is 28.3 Å². The maximum Gasteiger partial charge on any atom is 0.230 e. The molecule has 1 unspecified atom stereocenters. The van der Waals surface area contributed by atoms with Gasteiger partial charge in [0.25, 0.3) is 0 Å². The highest BCUT2D eigenvalue weighted by Crippen LogP contribution is 2.25. The standard InChI is InChI=1S/C20H16FN5O2S/c1-12-7-8-14(9-15(12)21)26-16-10-23-18(13-5-3-2-4-6-13)24-19(16)25-20(26)29(28)11-17(22)27/h2-10H,11H2,1H3,(H2,22,27). The molecule has 4 aromatic rings. The molecule has 0 saturated heterocycles. The van der Waals surface area contributed by atoms with Crippen LogP contribution in [0, 0.1) is 12.7 Å². The van der Waals surface area contributed by atoms with Gasteiger partial charge in [-0.15, -0.1) is 0 Å². The van der Waals surface area contributed by atoms with Crippen LogP contribution in [0.2, 0.25) is 0 Å². The van der Waals surface area contributed by atoms with Crippen molar-refractivity contribution >= 4 is 27.9 Å². The summed E-state index contributed by atoms with van der Waals surface area (Å²) in [6.45, 7) is 1.65. The molecule has 0 aliphatic rings. The molecule has 2 N–H and O–H groups in total. The number of nitrogens with two attached hydrogens (primary N) is 1. The highest BCUT2D eigenvalue weighted by Gasteiger charge is 2.21. The summed E-state index contributed by atoms with van der Waals surface area (Å²) in [5.41, 5.74) is 7.60. The second-order valence-electron chi connectivity index (χ2n) is 6.39. The summed E-state index contributed by atoms with van der Waals surface area (Å²) in [5, 5.41) is 0.0570. The van der Waals surface area contributed by atoms with Gasteiger partial charge in [0, 0.05) is 5.56 Å². The molecule has 0 aliphatic heterocycles. The first kappa shape index (κ1) is 18.9. The lowest BCUT2D eigenvalue weighted by Crippen LogP contribution is -2.21. The van der Waals surface area contributed by atoms with Crippen LogP contribution >= 0.6 is 0 Å². The van der Waals surface area contributed by atoms with E-state index in [-0.39, 0.29) is 10.8 Å². The topological polar surface area (TPSA) is 104 Å². The first-order chi connectivity index (χ1) is 13.9. The number of hydrogen-bond acceptors (Lipinski definition) is 5. The minimum Gasteiger partial charge on any atom is -0.369 e. The van der Waals surface area contributed by atoms with Crippen molar-refractivity contribution in [1.29, 1.82) is 0 Å². The van der Waals surface area contributed by atoms with Crippen LogP contribution in [0.1, 0.15) is 5.56 Å². The van der Waals surface area contributed by atoms with Gasteiger partial charge in [0.2, 0.25) is 11.1 Å². The second-order valence-corrected chi connectivity index (χ2v) is 7.73. The molecular weight excluding hydrogens is 393 g/mol. The number of imidazole rings is 1. The summed E-state index contributed by atoms with van der Waals surface area (Å²) >= 11 is 0. The van der Waals surface area contributed by atoms with E-state index in [1.165, 1.54) is 10.6 Å². The number of aryl methyl sites for hydroxylation is 1. The highest BCUT2D eigenvalue weighted by atomic mass is 32.2. The number of carbonyl (C=O) groups is 1. The third-order valence-corrected chi connectivity index (χ3v) is 5.53. The molecule has 2 heterocycles. The fourth-order valence-corrected chi connectivity index (χ4v) is 3.88. The number of nitrogens with zero attached hydrogens (tertiary/aromatic N) is 4. The lowest BCUT2D eigenvalue weighted by Gasteiger charge is -2.09. The fraction of sp³-hybridized carbons (Fsp3) is 0.100. The number of amides is 1. The van der Waals surface area contributed by atoms with Gasteiger partial charge in [-0.3, -0.25) is 13.6 Å². The lowest BCUT2D eigenvalue weighted by atomic mass is 10.2. The molecule has 0 saturated carbocycles. The summed E-state index contributed by atoms with van der Waals surface area (Å²) in [5.74, 6) is -1.10. The molecule has 9 heteroatoms. The molecule has 1 atom stereocenters. The van der Waals surface area contributed by atoms with E-state index >= 15 is 0 Å². The van der Waals surface area contributed by atoms with Gasteiger partial charge < -0.3 is 5.73 Å². The first-order valence-electron chi connectivity index (χ1n) is 8.68. The van der Waals surface area contributed by atoms with Gasteiger partial charge in [-0.25, -0.2) is 14.4 Å². The number of aromatic nitrogens is 4. The largest absolute Gasteiger partial charge is 0.369 e. The number of hydrogen-bond donors (Lipinski definition) is 1. The smallest absolute Gasteiger partial charge is 0.230 e. The van der Waals surface area contributed by atoms with E-state index in [0.717, 1.165) is 5.56 Å². The third kappa shape index (κ3) is 3.64. The maximum absolute atomic E-state index is 14.2. The number of benzene rings is 2. The average molecular weight is 409 g/mol. The molecule has 2 aromatic heterocycles. The highest BCUT2D eigenvalue weighted by molar-refractivity contribution is 7.85. The van der Waals surface area contributed by atoms with Crippen LogP contribution in [0.4, 0.5) is 4.39 Å². The molecule has 2 aromatic carbocycles. The number of carbonyl (C=O) groups excluding carboxylic acids is 1. The minimum atomic E-state index is -1.83. The van der Waals surface area contributed by atoms with Crippen molar-refractivity contribution in [2.75, 3.05) is 5.75 Å². The van der Waals surface area contributed by atoms with Gasteiger partial charge in [0.1, 0.15) is 17.1 Å². The Morgan fingerprint density at radius 3 is 2.62 bits per heavy atom. The third-order valence-electron chi connectivity index (χ3n) is 4.31. The molecule has 0 radical (unpaired) electrons. The van der Waals surface area contributed by atoms with Crippen LogP contribution in [0.5, 0.6) is 0 Å². The van der Waals surface area contributed by atoms with Crippen molar-refractivity contribution in [2.24, 2.45) is 5.73 Å². The Bertz CT molecular complexity index is 1260. The van der Waals surface area contributed by atoms with Crippen LogP contribution in [0.25, 0.3) is 28.2 Å². The van der Waals surface area contributed by atoms with Gasteiger partial charge >= 0.3 is 0 Å². The zero-order valence-corrected chi connectivity index (χ0v) is 16.2. The summed E-state index contributed by atoms with van der Waals surface area (Å²) < 4.78 is 28.4. The van der Waals surface area contributed by atoms with Gasteiger partial charge in [-0.05, 0) is 24.6 Å². The molecule has 0 bridgehead atoms. The molecule has 29 heavy (non-hydrogen) atoms. The summed E-state index contributed by atoms with van der Waals surface area (Å²) in [4.78, 5) is 24.5. The van der Waals surface area contributed by atoms with Gasteiger partial charge in [-0.2, -0.15) is 4.98 Å². The summed E-state index contributed by atoms with van der Waals surface area (Å²) in [6.07, 6.45) is 1.54. The van der Waals surface area contributed by atoms with Crippen LogP contribution in [-0.4, -0.2) is 35.4 Å². The van der Waals surface area contributed by atoms with Crippen molar-refractivity contribution < 1.29 is 13.4 Å². The Hall–Kier alpha value is -3.46. The van der Waals surface area contributed by atoms with Crippen molar-refractivity contribution in [1.82, 2.24) is 19.5 Å². The van der Waals surface area contributed by atoms with Crippen molar-refractivity contribution in [3.8, 4) is 17.1 Å².